The average Bonchev–Trinajstić information content (AvgIpc) is 3.14. The molecule has 1 fully saturated rings. The van der Waals surface area contributed by atoms with Crippen LogP contribution in [0.3, 0.4) is 0 Å². The van der Waals surface area contributed by atoms with Gasteiger partial charge in [0.1, 0.15) is 0 Å². The summed E-state index contributed by atoms with van der Waals surface area (Å²) in [5.74, 6) is 0.227. The lowest BCUT2D eigenvalue weighted by molar-refractivity contribution is -0.121. The van der Waals surface area contributed by atoms with Crippen LogP contribution in [-0.2, 0) is 4.79 Å². The first kappa shape index (κ1) is 17.8. The summed E-state index contributed by atoms with van der Waals surface area (Å²) in [6.45, 7) is 4.07. The number of carbonyl (C=O) groups excluding carboxylic acids is 1. The van der Waals surface area contributed by atoms with E-state index in [4.69, 9.17) is 23.2 Å². The van der Waals surface area contributed by atoms with E-state index in [0.29, 0.717) is 26.9 Å². The molecular formula is C16H20Cl2N4OS. The predicted molar refractivity (Wildman–Crippen MR) is 97.9 cm³/mol. The molecule has 0 spiro atoms. The predicted octanol–water partition coefficient (Wildman–Crippen LogP) is 4.21. The van der Waals surface area contributed by atoms with Crippen LogP contribution in [-0.4, -0.2) is 31.8 Å². The minimum atomic E-state index is -0.240. The Morgan fingerprint density at radius 2 is 2.04 bits per heavy atom. The van der Waals surface area contributed by atoms with E-state index in [9.17, 15) is 4.79 Å². The molecular weight excluding hydrogens is 367 g/mol. The maximum atomic E-state index is 12.7. The van der Waals surface area contributed by atoms with Gasteiger partial charge in [-0.15, -0.1) is 10.2 Å². The van der Waals surface area contributed by atoms with Gasteiger partial charge in [0, 0.05) is 12.2 Å². The number of amides is 1. The molecule has 2 aromatic heterocycles. The van der Waals surface area contributed by atoms with E-state index in [1.807, 2.05) is 13.8 Å². The van der Waals surface area contributed by atoms with E-state index in [-0.39, 0.29) is 17.1 Å². The lowest BCUT2D eigenvalue weighted by Crippen LogP contribution is -2.41. The smallest absolute Gasteiger partial charge is 0.234 e. The van der Waals surface area contributed by atoms with Crippen molar-refractivity contribution in [2.24, 2.45) is 5.92 Å². The average molecular weight is 387 g/mol. The van der Waals surface area contributed by atoms with Crippen LogP contribution in [0, 0.1) is 5.92 Å². The first-order valence-electron chi connectivity index (χ1n) is 8.12. The molecule has 0 radical (unpaired) electrons. The number of fused-ring (bicyclic) bond motifs is 1. The highest BCUT2D eigenvalue weighted by molar-refractivity contribution is 8.00. The van der Waals surface area contributed by atoms with Crippen LogP contribution >= 0.6 is 35.0 Å². The normalized spacial score (nSPS) is 16.9. The van der Waals surface area contributed by atoms with Crippen LogP contribution < -0.4 is 5.32 Å². The summed E-state index contributed by atoms with van der Waals surface area (Å²) in [4.78, 5) is 12.7. The SMILES string of the molecule is CC(C)C(Sc1nnc2c(Cl)cc(Cl)cn12)C(=O)NC1CCCC1. The molecule has 1 aliphatic carbocycles. The molecule has 0 aliphatic heterocycles. The minimum absolute atomic E-state index is 0.0618. The van der Waals surface area contributed by atoms with Gasteiger partial charge in [0.25, 0.3) is 0 Å². The number of thioether (sulfide) groups is 1. The van der Waals surface area contributed by atoms with Crippen LogP contribution in [0.4, 0.5) is 0 Å². The Morgan fingerprint density at radius 3 is 2.71 bits per heavy atom. The Kier molecular flexibility index (Phi) is 5.57. The summed E-state index contributed by atoms with van der Waals surface area (Å²) >= 11 is 13.6. The molecule has 1 atom stereocenters. The number of carbonyl (C=O) groups is 1. The highest BCUT2D eigenvalue weighted by Crippen LogP contribution is 2.31. The number of pyridine rings is 1. The Bertz CT molecular complexity index is 743. The highest BCUT2D eigenvalue weighted by Gasteiger charge is 2.28. The molecule has 1 aliphatic rings. The Labute approximate surface area is 155 Å². The van der Waals surface area contributed by atoms with E-state index >= 15 is 0 Å². The Balaban J connectivity index is 1.82. The van der Waals surface area contributed by atoms with Crippen LogP contribution in [0.15, 0.2) is 17.4 Å². The summed E-state index contributed by atoms with van der Waals surface area (Å²) < 4.78 is 1.74. The molecule has 1 saturated carbocycles. The second-order valence-electron chi connectivity index (χ2n) is 6.45. The molecule has 1 N–H and O–H groups in total. The molecule has 2 aromatic rings. The maximum Gasteiger partial charge on any atom is 0.234 e. The quantitative estimate of drug-likeness (QED) is 0.781. The van der Waals surface area contributed by atoms with Crippen LogP contribution in [0.25, 0.3) is 5.65 Å². The number of rotatable bonds is 5. The van der Waals surface area contributed by atoms with Gasteiger partial charge in [0.15, 0.2) is 10.8 Å². The van der Waals surface area contributed by atoms with E-state index < -0.39 is 0 Å². The van der Waals surface area contributed by atoms with Crippen LogP contribution in [0.2, 0.25) is 10.0 Å². The van der Waals surface area contributed by atoms with Gasteiger partial charge in [0.2, 0.25) is 5.91 Å². The van der Waals surface area contributed by atoms with Gasteiger partial charge in [0.05, 0.1) is 15.3 Å². The molecule has 130 valence electrons. The van der Waals surface area contributed by atoms with E-state index in [1.165, 1.54) is 24.6 Å². The van der Waals surface area contributed by atoms with E-state index in [1.54, 1.807) is 16.7 Å². The van der Waals surface area contributed by atoms with Crippen molar-refractivity contribution in [1.82, 2.24) is 19.9 Å². The van der Waals surface area contributed by atoms with Crippen molar-refractivity contribution in [3.05, 3.63) is 22.3 Å². The number of hydrogen-bond donors (Lipinski definition) is 1. The number of halogens is 2. The highest BCUT2D eigenvalue weighted by atomic mass is 35.5. The molecule has 5 nitrogen and oxygen atoms in total. The molecule has 3 rings (SSSR count). The first-order chi connectivity index (χ1) is 11.5. The van der Waals surface area contributed by atoms with Crippen molar-refractivity contribution in [1.29, 1.82) is 0 Å². The standard InChI is InChI=1S/C16H20Cl2N4OS/c1-9(2)13(15(23)19-11-5-3-4-6-11)24-16-21-20-14-12(18)7-10(17)8-22(14)16/h7-9,11,13H,3-6H2,1-2H3,(H,19,23). The van der Waals surface area contributed by atoms with Gasteiger partial charge in [-0.05, 0) is 24.8 Å². The summed E-state index contributed by atoms with van der Waals surface area (Å²) in [7, 11) is 0. The second kappa shape index (κ2) is 7.50. The van der Waals surface area contributed by atoms with Crippen LogP contribution in [0.1, 0.15) is 39.5 Å². The third-order valence-corrected chi connectivity index (χ3v) is 6.18. The molecule has 1 amide bonds. The second-order valence-corrected chi connectivity index (χ2v) is 8.41. The molecule has 24 heavy (non-hydrogen) atoms. The number of nitrogens with zero attached hydrogens (tertiary/aromatic N) is 3. The fraction of sp³-hybridized carbons (Fsp3) is 0.562. The zero-order valence-corrected chi connectivity index (χ0v) is 16.0. The fourth-order valence-corrected chi connectivity index (χ4v) is 4.47. The van der Waals surface area contributed by atoms with Crippen molar-refractivity contribution in [3.63, 3.8) is 0 Å². The maximum absolute atomic E-state index is 12.7. The van der Waals surface area contributed by atoms with Gasteiger partial charge < -0.3 is 5.32 Å². The number of nitrogens with one attached hydrogen (secondary N) is 1. The molecule has 0 saturated heterocycles. The first-order valence-corrected chi connectivity index (χ1v) is 9.76. The van der Waals surface area contributed by atoms with Crippen LogP contribution in [0.5, 0.6) is 0 Å². The zero-order chi connectivity index (χ0) is 17.3. The van der Waals surface area contributed by atoms with Gasteiger partial charge in [-0.2, -0.15) is 0 Å². The molecule has 0 bridgehead atoms. The summed E-state index contributed by atoms with van der Waals surface area (Å²) in [6, 6.07) is 1.94. The number of aromatic nitrogens is 3. The fourth-order valence-electron chi connectivity index (χ4n) is 2.94. The van der Waals surface area contributed by atoms with Crippen molar-refractivity contribution < 1.29 is 4.79 Å². The van der Waals surface area contributed by atoms with Gasteiger partial charge in [-0.25, -0.2) is 0 Å². The summed E-state index contributed by atoms with van der Waals surface area (Å²) in [5, 5.41) is 12.8. The largest absolute Gasteiger partial charge is 0.352 e. The topological polar surface area (TPSA) is 59.3 Å². The van der Waals surface area contributed by atoms with Crippen molar-refractivity contribution in [2.75, 3.05) is 0 Å². The van der Waals surface area contributed by atoms with Gasteiger partial charge in [-0.3, -0.25) is 9.20 Å². The van der Waals surface area contributed by atoms with Gasteiger partial charge in [-0.1, -0.05) is 61.7 Å². The summed E-state index contributed by atoms with van der Waals surface area (Å²) in [6.07, 6.45) is 6.24. The Morgan fingerprint density at radius 1 is 1.33 bits per heavy atom. The van der Waals surface area contributed by atoms with Crippen molar-refractivity contribution in [2.45, 2.75) is 56.0 Å². The third-order valence-electron chi connectivity index (χ3n) is 4.19. The monoisotopic (exact) mass is 386 g/mol. The van der Waals surface area contributed by atoms with Crippen molar-refractivity contribution >= 4 is 46.5 Å². The van der Waals surface area contributed by atoms with E-state index in [2.05, 4.69) is 15.5 Å². The molecule has 8 heteroatoms. The van der Waals surface area contributed by atoms with E-state index in [0.717, 1.165) is 12.8 Å². The molecule has 1 unspecified atom stereocenters. The molecule has 0 aromatic carbocycles. The Hall–Kier alpha value is -0.980. The minimum Gasteiger partial charge on any atom is -0.352 e. The van der Waals surface area contributed by atoms with Crippen molar-refractivity contribution in [3.8, 4) is 0 Å². The van der Waals surface area contributed by atoms with Gasteiger partial charge >= 0.3 is 0 Å². The summed E-state index contributed by atoms with van der Waals surface area (Å²) in [5.41, 5.74) is 0.544. The molecule has 2 heterocycles. The number of hydrogen-bond acceptors (Lipinski definition) is 4. The lowest BCUT2D eigenvalue weighted by Gasteiger charge is -2.21. The third kappa shape index (κ3) is 3.81. The lowest BCUT2D eigenvalue weighted by atomic mass is 10.1. The zero-order valence-electron chi connectivity index (χ0n) is 13.6.